The van der Waals surface area contributed by atoms with Crippen LogP contribution in [-0.2, 0) is 70.3 Å². The average molecular weight is 1090 g/mol. The highest BCUT2D eigenvalue weighted by atomic mass is 16.7. The van der Waals surface area contributed by atoms with E-state index in [4.69, 9.17) is 64.7 Å². The zero-order valence-corrected chi connectivity index (χ0v) is 40.4. The van der Waals surface area contributed by atoms with Crippen LogP contribution in [0.5, 0.6) is 11.5 Å². The van der Waals surface area contributed by atoms with Gasteiger partial charge in [0.25, 0.3) is 11.8 Å². The number of nitrogens with zero attached hydrogens (tertiary/aromatic N) is 1. The monoisotopic (exact) mass is 1090 g/mol. The predicted molar refractivity (Wildman–Crippen MR) is 246 cm³/mol. The second-order valence-electron chi connectivity index (χ2n) is 16.2. The molecule has 0 bridgehead atoms. The van der Waals surface area contributed by atoms with Gasteiger partial charge in [0.1, 0.15) is 67.9 Å². The highest BCUT2D eigenvalue weighted by Crippen LogP contribution is 2.30. The lowest BCUT2D eigenvalue weighted by atomic mass is 9.99. The van der Waals surface area contributed by atoms with Crippen molar-refractivity contribution in [3.05, 3.63) is 58.7 Å². The van der Waals surface area contributed by atoms with Crippen LogP contribution in [0, 0.1) is 0 Å². The largest absolute Gasteiger partial charge is 0.479 e. The van der Waals surface area contributed by atoms with Crippen LogP contribution in [0.3, 0.4) is 0 Å². The molecule has 0 radical (unpaired) electrons. The molecule has 2 aromatic carbocycles. The van der Waals surface area contributed by atoms with Crippen LogP contribution in [0.25, 0.3) is 0 Å². The van der Waals surface area contributed by atoms with Gasteiger partial charge in [-0.3, -0.25) is 14.4 Å². The third-order valence-electron chi connectivity index (χ3n) is 10.8. The molecule has 424 valence electrons. The van der Waals surface area contributed by atoms with Gasteiger partial charge in [0, 0.05) is 26.2 Å². The van der Waals surface area contributed by atoms with Gasteiger partial charge in [-0.2, -0.15) is 0 Å². The summed E-state index contributed by atoms with van der Waals surface area (Å²) >= 11 is 0. The van der Waals surface area contributed by atoms with Crippen LogP contribution in [0.2, 0.25) is 0 Å². The number of aliphatic hydroxyl groups excluding tert-OH is 6. The van der Waals surface area contributed by atoms with Gasteiger partial charge in [-0.15, -0.1) is 0 Å². The van der Waals surface area contributed by atoms with E-state index in [0.29, 0.717) is 0 Å². The Labute approximate surface area is 431 Å². The van der Waals surface area contributed by atoms with E-state index in [-0.39, 0.29) is 133 Å². The first kappa shape index (κ1) is 61.9. The number of carboxylic acid groups (broad SMARTS) is 2. The van der Waals surface area contributed by atoms with E-state index in [0.717, 1.165) is 0 Å². The molecule has 0 aliphatic carbocycles. The first-order valence-electron chi connectivity index (χ1n) is 23.0. The standard InChI is InChI=1S/C44H62N6O26/c45-43(64)70-19-22-1-3-26(73-41-33(56)29(52)31(54)35(75-41)39(60)61)24(17-22)37(58)48-5-9-66-11-7-50(28(51)21-69-14-13-68-15-16-72-47)8-12-67-10-6-49-38(59)25-18-23(20-71-44(46)65)2-4-27(25)74-42-34(57)30(53)32(55)36(76-42)40(62)63/h1-4,17-18,29-36,41-42,52-57H,5-16,19-21,47H2,(H2,45,64)(H2,46,65)(H,48,58)(H,49,59)(H,60,61)(H,62,63)/t29-,30-,31-,32-,33+,34+,35-,36-,41+,42+/m0/s1. The smallest absolute Gasteiger partial charge is 0.404 e. The van der Waals surface area contributed by atoms with Gasteiger partial charge in [-0.05, 0) is 35.4 Å². The molecule has 32 nitrogen and oxygen atoms in total. The Bertz CT molecular complexity index is 2110. The Morgan fingerprint density at radius 1 is 0.539 bits per heavy atom. The number of nitrogens with two attached hydrogens (primary N) is 3. The molecule has 0 unspecified atom stereocenters. The van der Waals surface area contributed by atoms with Gasteiger partial charge in [0.05, 0.1) is 64.0 Å². The minimum absolute atomic E-state index is 0.0107. The Balaban J connectivity index is 1.33. The number of hydrogen-bond acceptors (Lipinski definition) is 25. The lowest BCUT2D eigenvalue weighted by Crippen LogP contribution is -2.61. The van der Waals surface area contributed by atoms with E-state index in [2.05, 4.69) is 15.5 Å². The van der Waals surface area contributed by atoms with E-state index in [1.807, 2.05) is 0 Å². The summed E-state index contributed by atoms with van der Waals surface area (Å²) in [6, 6.07) is 7.63. The highest BCUT2D eigenvalue weighted by molar-refractivity contribution is 5.97. The van der Waals surface area contributed by atoms with Crippen molar-refractivity contribution in [1.29, 1.82) is 0 Å². The average Bonchev–Trinajstić information content (AvgIpc) is 3.38. The maximum Gasteiger partial charge on any atom is 0.404 e. The molecule has 2 heterocycles. The van der Waals surface area contributed by atoms with Crippen molar-refractivity contribution in [2.45, 2.75) is 74.6 Å². The number of ether oxygens (including phenoxy) is 10. The van der Waals surface area contributed by atoms with Gasteiger partial charge >= 0.3 is 24.1 Å². The van der Waals surface area contributed by atoms with Crippen molar-refractivity contribution in [1.82, 2.24) is 15.5 Å². The molecule has 0 saturated carbocycles. The van der Waals surface area contributed by atoms with E-state index in [9.17, 15) is 74.4 Å². The summed E-state index contributed by atoms with van der Waals surface area (Å²) in [6.07, 6.45) is -21.9. The van der Waals surface area contributed by atoms with Crippen LogP contribution in [0.15, 0.2) is 36.4 Å². The molecule has 0 aromatic heterocycles. The second-order valence-corrected chi connectivity index (χ2v) is 16.2. The van der Waals surface area contributed by atoms with Crippen molar-refractivity contribution in [2.75, 3.05) is 85.6 Å². The lowest BCUT2D eigenvalue weighted by molar-refractivity contribution is -0.271. The maximum absolute atomic E-state index is 13.4. The van der Waals surface area contributed by atoms with Crippen molar-refractivity contribution >= 4 is 41.8 Å². The summed E-state index contributed by atoms with van der Waals surface area (Å²) in [5.41, 5.74) is 10.2. The number of hydrogen-bond donors (Lipinski definition) is 13. The fourth-order valence-electron chi connectivity index (χ4n) is 6.91. The van der Waals surface area contributed by atoms with Gasteiger partial charge in [-0.1, -0.05) is 12.1 Å². The number of nitrogens with one attached hydrogen (secondary N) is 2. The van der Waals surface area contributed by atoms with Crippen molar-refractivity contribution in [3.63, 3.8) is 0 Å². The van der Waals surface area contributed by atoms with Crippen LogP contribution < -0.4 is 37.5 Å². The number of aliphatic carboxylic acids is 2. The Kier molecular flexibility index (Phi) is 25.6. The zero-order chi connectivity index (χ0) is 55.9. The van der Waals surface area contributed by atoms with E-state index >= 15 is 0 Å². The normalized spacial score (nSPS) is 23.1. The number of primary amides is 2. The summed E-state index contributed by atoms with van der Waals surface area (Å²) in [5, 5.41) is 85.6. The van der Waals surface area contributed by atoms with Crippen LogP contribution in [0.4, 0.5) is 9.59 Å². The van der Waals surface area contributed by atoms with Gasteiger partial charge in [0.15, 0.2) is 12.2 Å². The van der Waals surface area contributed by atoms with Crippen molar-refractivity contribution in [2.24, 2.45) is 17.4 Å². The molecule has 2 aliphatic rings. The quantitative estimate of drug-likeness (QED) is 0.0240. The summed E-state index contributed by atoms with van der Waals surface area (Å²) in [4.78, 5) is 91.6. The summed E-state index contributed by atoms with van der Waals surface area (Å²) in [6.45, 7) is -1.29. The molecular weight excluding hydrogens is 1030 g/mol. The molecule has 16 N–H and O–H groups in total. The molecule has 4 rings (SSSR count). The third kappa shape index (κ3) is 19.2. The third-order valence-corrected chi connectivity index (χ3v) is 10.8. The predicted octanol–water partition coefficient (Wildman–Crippen LogP) is -5.64. The number of carbonyl (C=O) groups is 7. The first-order chi connectivity index (χ1) is 36.2. The summed E-state index contributed by atoms with van der Waals surface area (Å²) in [5.74, 6) is -0.995. The number of amides is 5. The molecule has 2 fully saturated rings. The van der Waals surface area contributed by atoms with Gasteiger partial charge < -0.3 is 120 Å². The molecule has 2 aromatic rings. The number of carbonyl (C=O) groups excluding carboxylic acids is 5. The Hall–Kier alpha value is -6.63. The molecule has 5 amide bonds. The minimum atomic E-state index is -2.01. The lowest BCUT2D eigenvalue weighted by Gasteiger charge is -2.38. The molecule has 10 atom stereocenters. The van der Waals surface area contributed by atoms with Crippen LogP contribution >= 0.6 is 0 Å². The van der Waals surface area contributed by atoms with E-state index in [1.165, 1.54) is 41.3 Å². The van der Waals surface area contributed by atoms with Gasteiger partial charge in [-0.25, -0.2) is 25.1 Å². The summed E-state index contributed by atoms with van der Waals surface area (Å²) in [7, 11) is 0. The molecule has 0 spiro atoms. The fourth-order valence-corrected chi connectivity index (χ4v) is 6.91. The highest BCUT2D eigenvalue weighted by Gasteiger charge is 2.49. The Morgan fingerprint density at radius 3 is 1.36 bits per heavy atom. The van der Waals surface area contributed by atoms with E-state index < -0.39 is 103 Å². The number of rotatable bonds is 32. The molecular formula is C44H62N6O26. The van der Waals surface area contributed by atoms with Gasteiger partial charge in [0.2, 0.25) is 18.5 Å². The topological polar surface area (TPSA) is 488 Å². The van der Waals surface area contributed by atoms with Crippen molar-refractivity contribution < 1.29 is 127 Å². The van der Waals surface area contributed by atoms with Crippen LogP contribution in [-0.4, -0.2) is 235 Å². The minimum Gasteiger partial charge on any atom is -0.479 e. The Morgan fingerprint density at radius 2 is 0.947 bits per heavy atom. The first-order valence-corrected chi connectivity index (χ1v) is 23.0. The second kappa shape index (κ2) is 31.4. The molecule has 2 saturated heterocycles. The van der Waals surface area contributed by atoms with E-state index in [1.54, 1.807) is 0 Å². The molecule has 76 heavy (non-hydrogen) atoms. The number of benzene rings is 2. The van der Waals surface area contributed by atoms with Crippen molar-refractivity contribution in [3.8, 4) is 11.5 Å². The molecule has 32 heteroatoms. The maximum atomic E-state index is 13.4. The zero-order valence-electron chi connectivity index (χ0n) is 40.4. The number of aliphatic hydroxyl groups is 6. The number of carboxylic acids is 2. The summed E-state index contributed by atoms with van der Waals surface area (Å²) < 4.78 is 53.2. The van der Waals surface area contributed by atoms with Crippen LogP contribution in [0.1, 0.15) is 31.8 Å². The SMILES string of the molecule is NOCCOCCOCC(=O)N(CCOCCNC(=O)c1cc(COC(N)=O)ccc1O[C@@H]1O[C@H](C(=O)O)[C@@H](O)[C@H](O)[C@H]1O)CCOCCNC(=O)c1cc(COC(N)=O)ccc1O[C@@H]1O[C@H](C(=O)O)[C@@H](O)[C@H](O)[C@H]1O. The fraction of sp³-hybridized carbons (Fsp3) is 0.568. The molecule has 2 aliphatic heterocycles.